The summed E-state index contributed by atoms with van der Waals surface area (Å²) in [5.41, 5.74) is 2.12. The predicted octanol–water partition coefficient (Wildman–Crippen LogP) is 1.96. The molecule has 0 radical (unpaired) electrons. The van der Waals surface area contributed by atoms with Crippen molar-refractivity contribution in [2.24, 2.45) is 7.05 Å². The Labute approximate surface area is 134 Å². The highest BCUT2D eigenvalue weighted by molar-refractivity contribution is 6.31. The van der Waals surface area contributed by atoms with Crippen LogP contribution in [-0.2, 0) is 24.9 Å². The first kappa shape index (κ1) is 15.1. The van der Waals surface area contributed by atoms with E-state index < -0.39 is 0 Å². The lowest BCUT2D eigenvalue weighted by atomic mass is 10.2. The Morgan fingerprint density at radius 1 is 1.41 bits per heavy atom. The maximum Gasteiger partial charge on any atom is 0.224 e. The third-order valence-electron chi connectivity index (χ3n) is 3.89. The van der Waals surface area contributed by atoms with Crippen LogP contribution < -0.4 is 5.32 Å². The number of likely N-dealkylation sites (tertiary alicyclic amines) is 1. The van der Waals surface area contributed by atoms with Crippen LogP contribution in [-0.4, -0.2) is 33.2 Å². The number of amides is 1. The van der Waals surface area contributed by atoms with Crippen LogP contribution in [0.3, 0.4) is 0 Å². The molecular formula is C16H19ClN4O. The Morgan fingerprint density at radius 3 is 2.95 bits per heavy atom. The van der Waals surface area contributed by atoms with Crippen LogP contribution in [0, 0.1) is 0 Å². The molecular weight excluding hydrogens is 300 g/mol. The van der Waals surface area contributed by atoms with E-state index in [1.54, 1.807) is 4.68 Å². The van der Waals surface area contributed by atoms with Gasteiger partial charge in [0.05, 0.1) is 6.20 Å². The molecule has 0 saturated carbocycles. The summed E-state index contributed by atoms with van der Waals surface area (Å²) in [4.78, 5) is 14.0. The average molecular weight is 319 g/mol. The van der Waals surface area contributed by atoms with Gasteiger partial charge < -0.3 is 10.2 Å². The van der Waals surface area contributed by atoms with Gasteiger partial charge in [-0.15, -0.1) is 0 Å². The monoisotopic (exact) mass is 318 g/mol. The van der Waals surface area contributed by atoms with Gasteiger partial charge in [0.2, 0.25) is 5.91 Å². The van der Waals surface area contributed by atoms with Gasteiger partial charge in [-0.3, -0.25) is 9.48 Å². The molecule has 0 bridgehead atoms. The molecule has 116 valence electrons. The Morgan fingerprint density at radius 2 is 2.23 bits per heavy atom. The van der Waals surface area contributed by atoms with Gasteiger partial charge in [-0.2, -0.15) is 5.10 Å². The molecule has 1 fully saturated rings. The minimum Gasteiger partial charge on any atom is -0.337 e. The molecule has 1 aromatic carbocycles. The fraction of sp³-hybridized carbons (Fsp3) is 0.375. The van der Waals surface area contributed by atoms with Crippen molar-refractivity contribution in [2.45, 2.75) is 25.6 Å². The normalized spacial score (nSPS) is 18.2. The zero-order valence-electron chi connectivity index (χ0n) is 12.5. The van der Waals surface area contributed by atoms with Crippen molar-refractivity contribution in [1.82, 2.24) is 20.0 Å². The standard InChI is InChI=1S/C16H19ClN4O/c1-20-9-12(8-19-20)7-18-14-6-16(22)21(11-14)10-13-4-2-3-5-15(13)17/h2-5,8-9,14,18H,6-7,10-11H2,1H3. The molecule has 0 aliphatic carbocycles. The maximum absolute atomic E-state index is 12.1. The van der Waals surface area contributed by atoms with E-state index in [4.69, 9.17) is 11.6 Å². The Balaban J connectivity index is 1.55. The largest absolute Gasteiger partial charge is 0.337 e. The summed E-state index contributed by atoms with van der Waals surface area (Å²) in [5, 5.41) is 8.28. The maximum atomic E-state index is 12.1. The first-order chi connectivity index (χ1) is 10.6. The molecule has 1 aromatic heterocycles. The van der Waals surface area contributed by atoms with Crippen molar-refractivity contribution >= 4 is 17.5 Å². The fourth-order valence-corrected chi connectivity index (χ4v) is 2.91. The highest BCUT2D eigenvalue weighted by atomic mass is 35.5. The molecule has 5 nitrogen and oxygen atoms in total. The molecule has 1 aliphatic heterocycles. The number of carbonyl (C=O) groups is 1. The SMILES string of the molecule is Cn1cc(CNC2CC(=O)N(Cc3ccccc3Cl)C2)cn1. The first-order valence-corrected chi connectivity index (χ1v) is 7.71. The number of hydrogen-bond acceptors (Lipinski definition) is 3. The summed E-state index contributed by atoms with van der Waals surface area (Å²) in [5.74, 6) is 0.170. The second-order valence-electron chi connectivity index (χ2n) is 5.67. The van der Waals surface area contributed by atoms with Gasteiger partial charge in [-0.1, -0.05) is 29.8 Å². The lowest BCUT2D eigenvalue weighted by Crippen LogP contribution is -2.32. The smallest absolute Gasteiger partial charge is 0.224 e. The molecule has 1 amide bonds. The molecule has 2 heterocycles. The molecule has 3 rings (SSSR count). The van der Waals surface area contributed by atoms with Crippen LogP contribution in [0.2, 0.25) is 5.02 Å². The Hall–Kier alpha value is -1.85. The van der Waals surface area contributed by atoms with E-state index in [0.717, 1.165) is 17.7 Å². The quantitative estimate of drug-likeness (QED) is 0.917. The molecule has 2 aromatic rings. The van der Waals surface area contributed by atoms with Crippen LogP contribution in [0.15, 0.2) is 36.7 Å². The van der Waals surface area contributed by atoms with Crippen LogP contribution >= 0.6 is 11.6 Å². The third-order valence-corrected chi connectivity index (χ3v) is 4.26. The zero-order valence-corrected chi connectivity index (χ0v) is 13.3. The first-order valence-electron chi connectivity index (χ1n) is 7.34. The summed E-state index contributed by atoms with van der Waals surface area (Å²) in [6.45, 7) is 2.01. The van der Waals surface area contributed by atoms with Crippen molar-refractivity contribution in [3.8, 4) is 0 Å². The van der Waals surface area contributed by atoms with Gasteiger partial charge in [-0.25, -0.2) is 0 Å². The zero-order chi connectivity index (χ0) is 15.5. The van der Waals surface area contributed by atoms with E-state index in [0.29, 0.717) is 24.5 Å². The summed E-state index contributed by atoms with van der Waals surface area (Å²) >= 11 is 6.17. The van der Waals surface area contributed by atoms with E-state index in [1.165, 1.54) is 0 Å². The Kier molecular flexibility index (Phi) is 4.45. The van der Waals surface area contributed by atoms with Crippen molar-refractivity contribution in [1.29, 1.82) is 0 Å². The summed E-state index contributed by atoms with van der Waals surface area (Å²) in [6.07, 6.45) is 4.35. The third kappa shape index (κ3) is 3.48. The molecule has 1 saturated heterocycles. The van der Waals surface area contributed by atoms with Gasteiger partial charge in [0.1, 0.15) is 0 Å². The van der Waals surface area contributed by atoms with Gasteiger partial charge in [0, 0.05) is 55.9 Å². The van der Waals surface area contributed by atoms with Crippen LogP contribution in [0.5, 0.6) is 0 Å². The molecule has 6 heteroatoms. The number of aryl methyl sites for hydroxylation is 1. The van der Waals surface area contributed by atoms with E-state index in [9.17, 15) is 4.79 Å². The molecule has 22 heavy (non-hydrogen) atoms. The fourth-order valence-electron chi connectivity index (χ4n) is 2.72. The lowest BCUT2D eigenvalue weighted by molar-refractivity contribution is -0.128. The highest BCUT2D eigenvalue weighted by Gasteiger charge is 2.29. The predicted molar refractivity (Wildman–Crippen MR) is 85.3 cm³/mol. The van der Waals surface area contributed by atoms with E-state index in [-0.39, 0.29) is 11.9 Å². The molecule has 1 atom stereocenters. The topological polar surface area (TPSA) is 50.2 Å². The number of nitrogens with one attached hydrogen (secondary N) is 1. The molecule has 1 unspecified atom stereocenters. The number of carbonyl (C=O) groups excluding carboxylic acids is 1. The summed E-state index contributed by atoms with van der Waals surface area (Å²) in [7, 11) is 1.90. The Bertz CT molecular complexity index is 670. The summed E-state index contributed by atoms with van der Waals surface area (Å²) in [6, 6.07) is 7.84. The number of aromatic nitrogens is 2. The number of nitrogens with zero attached hydrogens (tertiary/aromatic N) is 3. The number of benzene rings is 1. The average Bonchev–Trinajstić information content (AvgIpc) is 3.06. The number of hydrogen-bond donors (Lipinski definition) is 1. The highest BCUT2D eigenvalue weighted by Crippen LogP contribution is 2.20. The van der Waals surface area contributed by atoms with Gasteiger partial charge in [0.25, 0.3) is 0 Å². The van der Waals surface area contributed by atoms with Crippen molar-refractivity contribution in [3.63, 3.8) is 0 Å². The van der Waals surface area contributed by atoms with Gasteiger partial charge in [-0.05, 0) is 11.6 Å². The van der Waals surface area contributed by atoms with Crippen LogP contribution in [0.1, 0.15) is 17.5 Å². The van der Waals surface area contributed by atoms with E-state index >= 15 is 0 Å². The van der Waals surface area contributed by atoms with Crippen LogP contribution in [0.4, 0.5) is 0 Å². The number of rotatable bonds is 5. The second-order valence-corrected chi connectivity index (χ2v) is 6.08. The van der Waals surface area contributed by atoms with Crippen LogP contribution in [0.25, 0.3) is 0 Å². The molecule has 0 spiro atoms. The lowest BCUT2D eigenvalue weighted by Gasteiger charge is -2.17. The summed E-state index contributed by atoms with van der Waals surface area (Å²) < 4.78 is 1.78. The number of halogens is 1. The van der Waals surface area contributed by atoms with Crippen molar-refractivity contribution in [2.75, 3.05) is 6.54 Å². The van der Waals surface area contributed by atoms with E-state index in [2.05, 4.69) is 10.4 Å². The molecule has 1 aliphatic rings. The van der Waals surface area contributed by atoms with Gasteiger partial charge >= 0.3 is 0 Å². The second kappa shape index (κ2) is 6.50. The van der Waals surface area contributed by atoms with Gasteiger partial charge in [0.15, 0.2) is 0 Å². The molecule has 1 N–H and O–H groups in total. The van der Waals surface area contributed by atoms with Crippen molar-refractivity contribution in [3.05, 3.63) is 52.8 Å². The van der Waals surface area contributed by atoms with E-state index in [1.807, 2.05) is 48.6 Å². The minimum atomic E-state index is 0.170. The van der Waals surface area contributed by atoms with Crippen molar-refractivity contribution < 1.29 is 4.79 Å². The minimum absolute atomic E-state index is 0.170.